The van der Waals surface area contributed by atoms with E-state index in [9.17, 15) is 24.0 Å². The lowest BCUT2D eigenvalue weighted by Crippen LogP contribution is -2.27. The number of carbonyl (C=O) groups excluding carboxylic acids is 4. The molecule has 0 atom stereocenters. The van der Waals surface area contributed by atoms with Crippen LogP contribution in [-0.2, 0) is 47.7 Å². The number of nitrogens with one attached hydrogen (secondary N) is 4. The summed E-state index contributed by atoms with van der Waals surface area (Å²) in [6.45, 7) is 8.99. The van der Waals surface area contributed by atoms with Crippen LogP contribution in [0.2, 0.25) is 0 Å². The van der Waals surface area contributed by atoms with E-state index >= 15 is 0 Å². The molecule has 270 valence electrons. The van der Waals surface area contributed by atoms with Crippen molar-refractivity contribution >= 4 is 42.4 Å². The van der Waals surface area contributed by atoms with Crippen LogP contribution in [0.15, 0.2) is 24.3 Å². The van der Waals surface area contributed by atoms with E-state index in [1.54, 1.807) is 20.8 Å². The number of anilines is 1. The number of carboxylic acids is 1. The SMILES string of the molecule is CC(C)(C)OC(=O)COCCOCCOCCOCCNC=O.CN.CNc1ccc(C=N)cc1.O=CCCC(=O)NCCC(=O)O. The summed E-state index contributed by atoms with van der Waals surface area (Å²) in [5.41, 5.74) is 6.01. The van der Waals surface area contributed by atoms with Gasteiger partial charge in [-0.2, -0.15) is 0 Å². The van der Waals surface area contributed by atoms with Crippen LogP contribution < -0.4 is 21.7 Å². The summed E-state index contributed by atoms with van der Waals surface area (Å²) in [5, 5.41) is 23.0. The molecule has 47 heavy (non-hydrogen) atoms. The predicted molar refractivity (Wildman–Crippen MR) is 178 cm³/mol. The number of carbonyl (C=O) groups is 5. The first kappa shape index (κ1) is 47.4. The normalized spacial score (nSPS) is 9.83. The quantitative estimate of drug-likeness (QED) is 0.0412. The van der Waals surface area contributed by atoms with Gasteiger partial charge in [-0.25, -0.2) is 4.79 Å². The van der Waals surface area contributed by atoms with Crippen LogP contribution in [-0.4, -0.2) is 128 Å². The van der Waals surface area contributed by atoms with Gasteiger partial charge in [0.25, 0.3) is 0 Å². The Morgan fingerprint density at radius 2 is 1.38 bits per heavy atom. The largest absolute Gasteiger partial charge is 0.481 e. The summed E-state index contributed by atoms with van der Waals surface area (Å²) in [4.78, 5) is 51.8. The highest BCUT2D eigenvalue weighted by molar-refractivity contribution is 5.78. The number of aldehydes is 1. The van der Waals surface area contributed by atoms with Gasteiger partial charge in [0.05, 0.1) is 52.7 Å². The molecule has 16 nitrogen and oxygen atoms in total. The Labute approximate surface area is 277 Å². The molecular formula is C31H55N5O11. The number of hydrogen-bond donors (Lipinski definition) is 6. The van der Waals surface area contributed by atoms with E-state index in [4.69, 9.17) is 34.2 Å². The summed E-state index contributed by atoms with van der Waals surface area (Å²) in [6.07, 6.45) is 2.83. The Morgan fingerprint density at radius 3 is 1.83 bits per heavy atom. The second-order valence-electron chi connectivity index (χ2n) is 9.76. The van der Waals surface area contributed by atoms with Gasteiger partial charge in [-0.05, 0) is 45.5 Å². The third-order valence-corrected chi connectivity index (χ3v) is 4.75. The minimum Gasteiger partial charge on any atom is -0.481 e. The van der Waals surface area contributed by atoms with Crippen molar-refractivity contribution < 1.29 is 52.8 Å². The van der Waals surface area contributed by atoms with Gasteiger partial charge in [-0.15, -0.1) is 0 Å². The molecule has 1 aromatic carbocycles. The maximum absolute atomic E-state index is 11.3. The van der Waals surface area contributed by atoms with E-state index < -0.39 is 11.6 Å². The highest BCUT2D eigenvalue weighted by atomic mass is 16.6. The summed E-state index contributed by atoms with van der Waals surface area (Å²) >= 11 is 0. The van der Waals surface area contributed by atoms with Gasteiger partial charge in [0.2, 0.25) is 12.3 Å². The van der Waals surface area contributed by atoms with Crippen molar-refractivity contribution in [2.24, 2.45) is 5.73 Å². The monoisotopic (exact) mass is 673 g/mol. The minimum atomic E-state index is -0.953. The molecule has 0 aliphatic rings. The number of ether oxygens (including phenoxy) is 5. The van der Waals surface area contributed by atoms with E-state index in [0.29, 0.717) is 65.5 Å². The van der Waals surface area contributed by atoms with Crippen molar-refractivity contribution in [1.29, 1.82) is 5.41 Å². The second-order valence-corrected chi connectivity index (χ2v) is 9.76. The lowest BCUT2D eigenvalue weighted by Gasteiger charge is -2.19. The van der Waals surface area contributed by atoms with Gasteiger partial charge < -0.3 is 60.7 Å². The zero-order chi connectivity index (χ0) is 36.2. The van der Waals surface area contributed by atoms with Crippen molar-refractivity contribution in [3.8, 4) is 0 Å². The Bertz CT molecular complexity index is 943. The number of rotatable bonds is 23. The molecule has 1 rings (SSSR count). The number of hydrogen-bond acceptors (Lipinski definition) is 13. The van der Waals surface area contributed by atoms with Crippen molar-refractivity contribution in [1.82, 2.24) is 10.6 Å². The van der Waals surface area contributed by atoms with Crippen LogP contribution in [0.3, 0.4) is 0 Å². The molecule has 1 aromatic rings. The van der Waals surface area contributed by atoms with Crippen LogP contribution in [0.25, 0.3) is 0 Å². The molecule has 0 saturated carbocycles. The topological polar surface area (TPSA) is 238 Å². The second kappa shape index (κ2) is 34.9. The number of benzene rings is 1. The molecule has 7 N–H and O–H groups in total. The first-order valence-electron chi connectivity index (χ1n) is 15.0. The van der Waals surface area contributed by atoms with Gasteiger partial charge in [-0.1, -0.05) is 12.1 Å². The fourth-order valence-corrected chi connectivity index (χ4v) is 2.71. The van der Waals surface area contributed by atoms with E-state index in [1.165, 1.54) is 13.3 Å². The third kappa shape index (κ3) is 40.0. The molecule has 0 aliphatic carbocycles. The van der Waals surface area contributed by atoms with E-state index in [-0.39, 0.29) is 44.3 Å². The van der Waals surface area contributed by atoms with Crippen LogP contribution in [0.5, 0.6) is 0 Å². The summed E-state index contributed by atoms with van der Waals surface area (Å²) in [5.74, 6) is -1.63. The first-order chi connectivity index (χ1) is 22.5. The summed E-state index contributed by atoms with van der Waals surface area (Å²) in [7, 11) is 3.37. The van der Waals surface area contributed by atoms with Crippen LogP contribution in [0, 0.1) is 5.41 Å². The molecule has 0 aromatic heterocycles. The highest BCUT2D eigenvalue weighted by Crippen LogP contribution is 2.07. The van der Waals surface area contributed by atoms with Crippen molar-refractivity contribution in [2.45, 2.75) is 45.6 Å². The summed E-state index contributed by atoms with van der Waals surface area (Å²) < 4.78 is 26.0. The minimum absolute atomic E-state index is 0.0760. The third-order valence-electron chi connectivity index (χ3n) is 4.75. The standard InChI is InChI=1S/C15H29NO7.C8H10N2.C7H11NO4.CH5N/c1-15(2,3)23-14(18)12-22-11-10-21-9-8-20-7-6-19-5-4-16-13-17;1-10-8-4-2-7(6-9)3-5-8;9-5-1-2-6(10)8-4-3-7(11)12;1-2/h13H,4-12H2,1-3H3,(H,16,17);2-6,9-10H,1H3;5H,1-4H2,(H,8,10)(H,11,12);2H2,1H3. The van der Waals surface area contributed by atoms with Crippen molar-refractivity contribution in [3.63, 3.8) is 0 Å². The number of carboxylic acid groups (broad SMARTS) is 1. The lowest BCUT2D eigenvalue weighted by molar-refractivity contribution is -0.160. The zero-order valence-corrected chi connectivity index (χ0v) is 28.3. The van der Waals surface area contributed by atoms with E-state index in [2.05, 4.69) is 21.7 Å². The zero-order valence-electron chi connectivity index (χ0n) is 28.3. The molecule has 0 unspecified atom stereocenters. The number of esters is 1. The Kier molecular flexibility index (Phi) is 35.2. The van der Waals surface area contributed by atoms with Crippen molar-refractivity contribution in [2.75, 3.05) is 85.4 Å². The fourth-order valence-electron chi connectivity index (χ4n) is 2.71. The van der Waals surface area contributed by atoms with Gasteiger partial charge in [0.15, 0.2) is 0 Å². The molecule has 0 fully saturated rings. The van der Waals surface area contributed by atoms with E-state index in [1.807, 2.05) is 31.3 Å². The number of aliphatic carboxylic acids is 1. The van der Waals surface area contributed by atoms with Gasteiger partial charge >= 0.3 is 11.9 Å². The van der Waals surface area contributed by atoms with Gasteiger partial charge in [0, 0.05) is 44.9 Å². The lowest BCUT2D eigenvalue weighted by atomic mass is 10.2. The first-order valence-corrected chi connectivity index (χ1v) is 15.0. The van der Waals surface area contributed by atoms with Crippen LogP contribution >= 0.6 is 0 Å². The fraction of sp³-hybridized carbons (Fsp3) is 0.613. The molecule has 0 radical (unpaired) electrons. The van der Waals surface area contributed by atoms with Gasteiger partial charge in [-0.3, -0.25) is 14.4 Å². The van der Waals surface area contributed by atoms with Crippen molar-refractivity contribution in [3.05, 3.63) is 29.8 Å². The Hall–Kier alpha value is -3.96. The highest BCUT2D eigenvalue weighted by Gasteiger charge is 2.15. The predicted octanol–water partition coefficient (Wildman–Crippen LogP) is 0.998. The Balaban J connectivity index is -0.000000670. The molecule has 16 heteroatoms. The van der Waals surface area contributed by atoms with Gasteiger partial charge in [0.1, 0.15) is 18.5 Å². The Morgan fingerprint density at radius 1 is 0.851 bits per heavy atom. The van der Waals surface area contributed by atoms with Crippen LogP contribution in [0.4, 0.5) is 5.69 Å². The van der Waals surface area contributed by atoms with Crippen LogP contribution in [0.1, 0.15) is 45.6 Å². The molecule has 0 heterocycles. The molecule has 0 spiro atoms. The maximum atomic E-state index is 11.3. The molecule has 0 aliphatic heterocycles. The summed E-state index contributed by atoms with van der Waals surface area (Å²) in [6, 6.07) is 7.69. The molecule has 2 amide bonds. The average molecular weight is 674 g/mol. The number of nitrogens with two attached hydrogens (primary N) is 1. The maximum Gasteiger partial charge on any atom is 0.332 e. The molecule has 0 bridgehead atoms. The molecule has 0 saturated heterocycles. The van der Waals surface area contributed by atoms with E-state index in [0.717, 1.165) is 11.3 Å². The average Bonchev–Trinajstić information content (AvgIpc) is 3.04. The number of amides is 2. The molecular weight excluding hydrogens is 618 g/mol. The smallest absolute Gasteiger partial charge is 0.332 e.